The van der Waals surface area contributed by atoms with Crippen LogP contribution in [0.25, 0.3) is 33.7 Å². The van der Waals surface area contributed by atoms with Gasteiger partial charge in [0.25, 0.3) is 0 Å². The Kier molecular flexibility index (Phi) is 6.75. The number of benzene rings is 3. The van der Waals surface area contributed by atoms with Crippen LogP contribution >= 0.6 is 0 Å². The number of ether oxygens (including phenoxy) is 1. The summed E-state index contributed by atoms with van der Waals surface area (Å²) in [6.45, 7) is 0. The molecule has 1 radical (unpaired) electrons. The second-order valence-corrected chi connectivity index (χ2v) is 6.68. The molecular weight excluding hydrogens is 579 g/mol. The molecule has 1 aliphatic rings. The molecule has 3 aromatic carbocycles. The first kappa shape index (κ1) is 21.5. The number of nitrogens with zero attached hydrogens (tertiary/aromatic N) is 3. The van der Waals surface area contributed by atoms with E-state index < -0.39 is 0 Å². The second kappa shape index (κ2) is 10.1. The maximum absolute atomic E-state index is 5.60. The molecule has 0 unspecified atom stereocenters. The molecule has 0 atom stereocenters. The molecule has 0 fully saturated rings. The Morgan fingerprint density at radius 3 is 2.44 bits per heavy atom. The van der Waals surface area contributed by atoms with Crippen LogP contribution in [0.5, 0.6) is 5.75 Å². The van der Waals surface area contributed by atoms with Gasteiger partial charge in [-0.3, -0.25) is 0 Å². The van der Waals surface area contributed by atoms with Crippen molar-refractivity contribution in [1.82, 2.24) is 9.97 Å². The summed E-state index contributed by atoms with van der Waals surface area (Å²) in [7, 11) is 0. The molecule has 32 heavy (non-hydrogen) atoms. The maximum Gasteiger partial charge on any atom is 0.221 e. The molecular formula is C26H17IrN3O2-2. The van der Waals surface area contributed by atoms with E-state index >= 15 is 0 Å². The number of rotatable bonds is 2. The minimum Gasteiger partial charge on any atom is -0.624 e. The Hall–Kier alpha value is -3.73. The summed E-state index contributed by atoms with van der Waals surface area (Å²) in [6.07, 6.45) is 3.48. The van der Waals surface area contributed by atoms with Crippen molar-refractivity contribution in [3.8, 4) is 17.0 Å². The van der Waals surface area contributed by atoms with Crippen molar-refractivity contribution in [1.29, 1.82) is 0 Å². The Balaban J connectivity index is 0.000000164. The van der Waals surface area contributed by atoms with Gasteiger partial charge in [-0.1, -0.05) is 48.2 Å². The van der Waals surface area contributed by atoms with E-state index in [9.17, 15) is 0 Å². The summed E-state index contributed by atoms with van der Waals surface area (Å²) < 4.78 is 11.2. The van der Waals surface area contributed by atoms with Gasteiger partial charge in [-0.25, -0.2) is 4.98 Å². The van der Waals surface area contributed by atoms with Gasteiger partial charge in [0, 0.05) is 38.3 Å². The summed E-state index contributed by atoms with van der Waals surface area (Å²) >= 11 is 0. The molecule has 0 aliphatic carbocycles. The molecule has 5 nitrogen and oxygen atoms in total. The Morgan fingerprint density at radius 2 is 1.66 bits per heavy atom. The van der Waals surface area contributed by atoms with E-state index in [0.717, 1.165) is 33.8 Å². The van der Waals surface area contributed by atoms with E-state index in [1.807, 2.05) is 91.0 Å². The summed E-state index contributed by atoms with van der Waals surface area (Å²) in [6, 6.07) is 32.1. The number of pyridine rings is 1. The van der Waals surface area contributed by atoms with E-state index in [2.05, 4.69) is 21.4 Å². The average molecular weight is 596 g/mol. The maximum atomic E-state index is 5.60. The first-order valence-corrected chi connectivity index (χ1v) is 9.79. The van der Waals surface area contributed by atoms with E-state index in [1.54, 1.807) is 12.3 Å². The standard InChI is InChI=1S/C15H9N2O2.C11H8N.Ir/c1-3-7-12-10(5-1)16-14(18-12)9-15-17-11-6-2-4-8-13(11)19-15;1-2-6-10(7-3-1)11-8-4-5-9-12-11;/h1-9H;1-6,8-9H;/q2*-1;/b14-9+;;. The molecule has 0 spiro atoms. The first-order valence-electron chi connectivity index (χ1n) is 9.79. The molecule has 1 aliphatic heterocycles. The van der Waals surface area contributed by atoms with E-state index in [-0.39, 0.29) is 20.1 Å². The second-order valence-electron chi connectivity index (χ2n) is 6.68. The monoisotopic (exact) mass is 596 g/mol. The van der Waals surface area contributed by atoms with Crippen LogP contribution in [0.15, 0.2) is 107 Å². The van der Waals surface area contributed by atoms with Crippen molar-refractivity contribution < 1.29 is 29.3 Å². The predicted octanol–water partition coefficient (Wildman–Crippen LogP) is 6.77. The largest absolute Gasteiger partial charge is 0.624 e. The van der Waals surface area contributed by atoms with Crippen LogP contribution < -0.4 is 4.74 Å². The topological polar surface area (TPSA) is 62.2 Å². The summed E-state index contributed by atoms with van der Waals surface area (Å²) in [4.78, 5) is 8.57. The number of hydrogen-bond donors (Lipinski definition) is 0. The zero-order chi connectivity index (χ0) is 20.9. The smallest absolute Gasteiger partial charge is 0.221 e. The van der Waals surface area contributed by atoms with Gasteiger partial charge in [0.2, 0.25) is 5.89 Å². The van der Waals surface area contributed by atoms with Crippen molar-refractivity contribution >= 4 is 22.9 Å². The van der Waals surface area contributed by atoms with Crippen molar-refractivity contribution in [3.63, 3.8) is 0 Å². The van der Waals surface area contributed by atoms with Gasteiger partial charge in [0.05, 0.1) is 0 Å². The molecule has 0 saturated carbocycles. The van der Waals surface area contributed by atoms with Gasteiger partial charge >= 0.3 is 0 Å². The fourth-order valence-electron chi connectivity index (χ4n) is 3.08. The molecule has 6 heteroatoms. The van der Waals surface area contributed by atoms with Crippen LogP contribution in [-0.2, 0) is 20.1 Å². The Labute approximate surface area is 199 Å². The number of oxazole rings is 1. The molecule has 159 valence electrons. The number of aromatic nitrogens is 2. The number of hydrogen-bond acceptors (Lipinski definition) is 4. The van der Waals surface area contributed by atoms with Crippen molar-refractivity contribution in [2.45, 2.75) is 0 Å². The van der Waals surface area contributed by atoms with Gasteiger partial charge in [-0.15, -0.1) is 35.9 Å². The number of fused-ring (bicyclic) bond motifs is 2. The van der Waals surface area contributed by atoms with Crippen molar-refractivity contribution in [3.05, 3.63) is 120 Å². The average Bonchev–Trinajstić information content (AvgIpc) is 3.43. The van der Waals surface area contributed by atoms with Gasteiger partial charge in [-0.05, 0) is 30.0 Å². The predicted molar refractivity (Wildman–Crippen MR) is 121 cm³/mol. The van der Waals surface area contributed by atoms with Crippen LogP contribution in [0.2, 0.25) is 0 Å². The van der Waals surface area contributed by atoms with E-state index in [4.69, 9.17) is 9.15 Å². The van der Waals surface area contributed by atoms with Gasteiger partial charge < -0.3 is 19.5 Å². The van der Waals surface area contributed by atoms with E-state index in [0.29, 0.717) is 11.8 Å². The molecule has 0 saturated heterocycles. The van der Waals surface area contributed by atoms with Crippen LogP contribution in [0.3, 0.4) is 0 Å². The molecule has 5 aromatic rings. The Bertz CT molecular complexity index is 1240. The summed E-state index contributed by atoms with van der Waals surface area (Å²) in [5.74, 6) is 1.74. The zero-order valence-corrected chi connectivity index (χ0v) is 19.2. The fraction of sp³-hybridized carbons (Fsp3) is 0. The van der Waals surface area contributed by atoms with Gasteiger partial charge in [0.15, 0.2) is 5.58 Å². The molecule has 0 amide bonds. The molecule has 0 bridgehead atoms. The summed E-state index contributed by atoms with van der Waals surface area (Å²) in [5, 5.41) is 4.36. The quantitative estimate of drug-likeness (QED) is 0.211. The van der Waals surface area contributed by atoms with Crippen LogP contribution in [-0.4, -0.2) is 9.97 Å². The molecule has 6 rings (SSSR count). The summed E-state index contributed by atoms with van der Waals surface area (Å²) in [5.41, 5.74) is 4.41. The van der Waals surface area contributed by atoms with Gasteiger partial charge in [-0.2, -0.15) is 0 Å². The van der Waals surface area contributed by atoms with Crippen LogP contribution in [0.4, 0.5) is 5.69 Å². The SMILES string of the molecule is C(=C1/[N-]c2ccccc2O1)/c1nc2ccccc2o1.[Ir].[c-]1ccccc1-c1ccccn1. The van der Waals surface area contributed by atoms with Gasteiger partial charge in [0.1, 0.15) is 11.3 Å². The Morgan fingerprint density at radius 1 is 0.844 bits per heavy atom. The fourth-order valence-corrected chi connectivity index (χ4v) is 3.08. The third-order valence-corrected chi connectivity index (χ3v) is 4.52. The van der Waals surface area contributed by atoms with Crippen LogP contribution in [0.1, 0.15) is 5.89 Å². The number of para-hydroxylation sites is 4. The van der Waals surface area contributed by atoms with Crippen LogP contribution in [0, 0.1) is 6.07 Å². The minimum absolute atomic E-state index is 0. The first-order chi connectivity index (χ1) is 15.3. The van der Waals surface area contributed by atoms with E-state index in [1.165, 1.54) is 0 Å². The van der Waals surface area contributed by atoms with Crippen molar-refractivity contribution in [2.24, 2.45) is 0 Å². The normalized spacial score (nSPS) is 12.7. The third kappa shape index (κ3) is 4.94. The molecule has 3 heterocycles. The minimum atomic E-state index is 0. The molecule has 0 N–H and O–H groups in total. The third-order valence-electron chi connectivity index (χ3n) is 4.52. The molecule has 2 aromatic heterocycles. The van der Waals surface area contributed by atoms with Crippen molar-refractivity contribution in [2.75, 3.05) is 0 Å². The zero-order valence-electron chi connectivity index (χ0n) is 16.8.